The molecule has 0 atom stereocenters. The second kappa shape index (κ2) is 8.63. The summed E-state index contributed by atoms with van der Waals surface area (Å²) in [7, 11) is 1.49. The van der Waals surface area contributed by atoms with Crippen LogP contribution < -0.4 is 11.5 Å². The average Bonchev–Trinajstić information content (AvgIpc) is 2.29. The van der Waals surface area contributed by atoms with Gasteiger partial charge in [-0.25, -0.2) is 0 Å². The molecular formula is C12H16IN3O. The molecule has 0 aromatic rings. The van der Waals surface area contributed by atoms with Crippen LogP contribution >= 0.6 is 22.6 Å². The highest BCUT2D eigenvalue weighted by atomic mass is 127. The quantitative estimate of drug-likeness (QED) is 0.336. The second-order valence-corrected chi connectivity index (χ2v) is 3.94. The maximum absolute atomic E-state index is 5.88. The normalized spacial score (nSPS) is 14.5. The van der Waals surface area contributed by atoms with Gasteiger partial charge in [0, 0.05) is 11.9 Å². The third kappa shape index (κ3) is 6.62. The fourth-order valence-corrected chi connectivity index (χ4v) is 1.39. The van der Waals surface area contributed by atoms with Crippen molar-refractivity contribution in [2.75, 3.05) is 7.11 Å². The Balaban J connectivity index is 5.08. The Morgan fingerprint density at radius 2 is 1.94 bits per heavy atom. The standard InChI is InChI=1S/C12H16IN3O/c1-4-9(6-7-12(15)17-3)10(14)8-11(13)16-5-2/h4-8H,1-2,14-15H2,3H3/b9-6+,10-8-,12-7+,16-11?. The molecule has 0 aromatic carbocycles. The number of ether oxygens (including phenoxy) is 1. The Bertz CT molecular complexity index is 406. The number of nitrogens with zero attached hydrogens (tertiary/aromatic N) is 1. The zero-order valence-electron chi connectivity index (χ0n) is 9.69. The molecule has 5 heteroatoms. The number of allylic oxidation sites excluding steroid dienone is 4. The first-order valence-electron chi connectivity index (χ1n) is 4.70. The van der Waals surface area contributed by atoms with Gasteiger partial charge < -0.3 is 16.2 Å². The predicted molar refractivity (Wildman–Crippen MR) is 81.5 cm³/mol. The van der Waals surface area contributed by atoms with Crippen molar-refractivity contribution in [2.24, 2.45) is 16.5 Å². The molecule has 0 amide bonds. The van der Waals surface area contributed by atoms with Gasteiger partial charge in [0.15, 0.2) is 5.88 Å². The van der Waals surface area contributed by atoms with Crippen molar-refractivity contribution in [2.45, 2.75) is 0 Å². The summed E-state index contributed by atoms with van der Waals surface area (Å²) in [5.41, 5.74) is 12.6. The lowest BCUT2D eigenvalue weighted by Gasteiger charge is -2.01. The Kier molecular flexibility index (Phi) is 7.87. The van der Waals surface area contributed by atoms with E-state index in [-0.39, 0.29) is 0 Å². The summed E-state index contributed by atoms with van der Waals surface area (Å²) in [4.78, 5) is 3.98. The van der Waals surface area contributed by atoms with E-state index < -0.39 is 0 Å². The van der Waals surface area contributed by atoms with Crippen LogP contribution in [0.3, 0.4) is 0 Å². The van der Waals surface area contributed by atoms with Crippen LogP contribution in [-0.2, 0) is 4.74 Å². The van der Waals surface area contributed by atoms with Crippen molar-refractivity contribution in [1.82, 2.24) is 0 Å². The summed E-state index contributed by atoms with van der Waals surface area (Å²) in [6, 6.07) is 0. The average molecular weight is 345 g/mol. The van der Waals surface area contributed by atoms with E-state index in [4.69, 9.17) is 16.2 Å². The third-order valence-corrected chi connectivity index (χ3v) is 2.30. The molecule has 4 N–H and O–H groups in total. The molecule has 0 heterocycles. The fraction of sp³-hybridized carbons (Fsp3) is 0.0833. The number of hydrogen-bond donors (Lipinski definition) is 2. The molecule has 0 aromatic heterocycles. The number of hydrogen-bond acceptors (Lipinski definition) is 4. The molecule has 0 bridgehead atoms. The predicted octanol–water partition coefficient (Wildman–Crippen LogP) is 2.36. The fourth-order valence-electron chi connectivity index (χ4n) is 0.858. The first-order valence-corrected chi connectivity index (χ1v) is 5.78. The van der Waals surface area contributed by atoms with Crippen molar-refractivity contribution in [3.63, 3.8) is 0 Å². The van der Waals surface area contributed by atoms with Crippen LogP contribution in [0.2, 0.25) is 0 Å². The van der Waals surface area contributed by atoms with E-state index in [1.54, 1.807) is 24.3 Å². The molecule has 0 aliphatic heterocycles. The Labute approximate surface area is 115 Å². The summed E-state index contributed by atoms with van der Waals surface area (Å²) < 4.78 is 5.53. The van der Waals surface area contributed by atoms with Gasteiger partial charge in [0.1, 0.15) is 3.72 Å². The van der Waals surface area contributed by atoms with Crippen molar-refractivity contribution in [3.8, 4) is 0 Å². The molecule has 0 fully saturated rings. The lowest BCUT2D eigenvalue weighted by Crippen LogP contribution is -2.02. The molecule has 92 valence electrons. The van der Waals surface area contributed by atoms with Gasteiger partial charge in [-0.3, -0.25) is 4.99 Å². The summed E-state index contributed by atoms with van der Waals surface area (Å²) in [6.45, 7) is 7.18. The van der Waals surface area contributed by atoms with Crippen molar-refractivity contribution in [3.05, 3.63) is 60.8 Å². The van der Waals surface area contributed by atoms with E-state index in [1.807, 2.05) is 0 Å². The maximum atomic E-state index is 5.88. The molecule has 0 radical (unpaired) electrons. The van der Waals surface area contributed by atoms with Crippen LogP contribution in [0.5, 0.6) is 0 Å². The Morgan fingerprint density at radius 1 is 1.29 bits per heavy atom. The smallest absolute Gasteiger partial charge is 0.183 e. The van der Waals surface area contributed by atoms with Gasteiger partial charge in [-0.1, -0.05) is 19.2 Å². The second-order valence-electron chi connectivity index (χ2n) is 2.83. The summed E-state index contributed by atoms with van der Waals surface area (Å²) in [5.74, 6) is 0.298. The van der Waals surface area contributed by atoms with E-state index >= 15 is 0 Å². The maximum Gasteiger partial charge on any atom is 0.183 e. The highest BCUT2D eigenvalue weighted by molar-refractivity contribution is 14.1. The van der Waals surface area contributed by atoms with E-state index in [9.17, 15) is 0 Å². The van der Waals surface area contributed by atoms with Gasteiger partial charge in [0.05, 0.1) is 7.11 Å². The van der Waals surface area contributed by atoms with Gasteiger partial charge >= 0.3 is 0 Å². The number of rotatable bonds is 6. The number of aliphatic imine (C=N–C) groups is 1. The number of halogens is 1. The number of nitrogens with two attached hydrogens (primary N) is 2. The van der Waals surface area contributed by atoms with E-state index in [0.29, 0.717) is 11.6 Å². The largest absolute Gasteiger partial charge is 0.483 e. The minimum Gasteiger partial charge on any atom is -0.483 e. The van der Waals surface area contributed by atoms with Crippen LogP contribution in [0, 0.1) is 0 Å². The first kappa shape index (κ1) is 15.5. The summed E-state index contributed by atoms with van der Waals surface area (Å²) in [6.07, 6.45) is 8.12. The van der Waals surface area contributed by atoms with Crippen LogP contribution in [0.25, 0.3) is 0 Å². The summed E-state index contributed by atoms with van der Waals surface area (Å²) in [5, 5.41) is 0. The molecule has 0 aliphatic rings. The van der Waals surface area contributed by atoms with Gasteiger partial charge in [0.2, 0.25) is 0 Å². The van der Waals surface area contributed by atoms with Crippen molar-refractivity contribution >= 4 is 26.3 Å². The van der Waals surface area contributed by atoms with Gasteiger partial charge in [0.25, 0.3) is 0 Å². The van der Waals surface area contributed by atoms with Crippen LogP contribution in [0.15, 0.2) is 65.8 Å². The van der Waals surface area contributed by atoms with Crippen LogP contribution in [0.4, 0.5) is 0 Å². The van der Waals surface area contributed by atoms with Crippen molar-refractivity contribution in [1.29, 1.82) is 0 Å². The molecule has 4 nitrogen and oxygen atoms in total. The molecule has 0 unspecified atom stereocenters. The zero-order valence-corrected chi connectivity index (χ0v) is 11.8. The number of methoxy groups -OCH3 is 1. The molecule has 0 aliphatic carbocycles. The molecule has 0 saturated heterocycles. The lowest BCUT2D eigenvalue weighted by molar-refractivity contribution is 0.287. The van der Waals surface area contributed by atoms with Crippen molar-refractivity contribution < 1.29 is 4.74 Å². The van der Waals surface area contributed by atoms with Gasteiger partial charge in [-0.05, 0) is 46.4 Å². The van der Waals surface area contributed by atoms with Crippen LogP contribution in [0.1, 0.15) is 0 Å². The molecule has 17 heavy (non-hydrogen) atoms. The topological polar surface area (TPSA) is 73.6 Å². The monoisotopic (exact) mass is 345 g/mol. The van der Waals surface area contributed by atoms with E-state index in [0.717, 1.165) is 9.29 Å². The van der Waals surface area contributed by atoms with E-state index in [2.05, 4.69) is 40.7 Å². The Hall–Kier alpha value is -1.50. The summed E-state index contributed by atoms with van der Waals surface area (Å²) >= 11 is 2.05. The zero-order chi connectivity index (χ0) is 13.3. The minimum atomic E-state index is 0.298. The third-order valence-electron chi connectivity index (χ3n) is 1.71. The molecule has 0 saturated carbocycles. The first-order chi connectivity index (χ1) is 8.04. The Morgan fingerprint density at radius 3 is 2.41 bits per heavy atom. The molecule has 0 spiro atoms. The molecular weight excluding hydrogens is 329 g/mol. The SMILES string of the molecule is C=CN=C(I)/C=C(N)/C(C=C)=C/C=C(\N)OC. The van der Waals surface area contributed by atoms with Gasteiger partial charge in [-0.15, -0.1) is 0 Å². The highest BCUT2D eigenvalue weighted by Gasteiger charge is 1.97. The van der Waals surface area contributed by atoms with E-state index in [1.165, 1.54) is 13.3 Å². The minimum absolute atomic E-state index is 0.298. The molecule has 0 rings (SSSR count). The highest BCUT2D eigenvalue weighted by Crippen LogP contribution is 2.08. The van der Waals surface area contributed by atoms with Crippen LogP contribution in [-0.4, -0.2) is 10.8 Å². The van der Waals surface area contributed by atoms with Gasteiger partial charge in [-0.2, -0.15) is 0 Å². The lowest BCUT2D eigenvalue weighted by atomic mass is 10.1.